The van der Waals surface area contributed by atoms with Crippen LogP contribution in [-0.2, 0) is 16.1 Å². The molecule has 0 aliphatic carbocycles. The number of hydrogen-bond acceptors (Lipinski definition) is 3. The second-order valence-electron chi connectivity index (χ2n) is 5.13. The van der Waals surface area contributed by atoms with Crippen LogP contribution in [0.25, 0.3) is 0 Å². The van der Waals surface area contributed by atoms with Crippen LogP contribution in [0.2, 0.25) is 5.02 Å². The highest BCUT2D eigenvalue weighted by Gasteiger charge is 2.21. The van der Waals surface area contributed by atoms with Gasteiger partial charge < -0.3 is 4.74 Å². The van der Waals surface area contributed by atoms with E-state index in [1.807, 2.05) is 18.2 Å². The second kappa shape index (κ2) is 6.92. The number of rotatable bonds is 4. The lowest BCUT2D eigenvalue weighted by Crippen LogP contribution is -2.34. The van der Waals surface area contributed by atoms with E-state index in [0.717, 1.165) is 37.5 Å². The number of carbonyl (C=O) groups excluding carboxylic acids is 1. The Morgan fingerprint density at radius 2 is 2.16 bits per heavy atom. The van der Waals surface area contributed by atoms with Crippen molar-refractivity contribution in [3.8, 4) is 0 Å². The van der Waals surface area contributed by atoms with Crippen LogP contribution in [0.4, 0.5) is 0 Å². The van der Waals surface area contributed by atoms with E-state index in [4.69, 9.17) is 16.3 Å². The van der Waals surface area contributed by atoms with Crippen LogP contribution in [0.5, 0.6) is 0 Å². The molecule has 1 aromatic carbocycles. The van der Waals surface area contributed by atoms with Crippen molar-refractivity contribution in [2.24, 2.45) is 5.92 Å². The van der Waals surface area contributed by atoms with Crippen molar-refractivity contribution in [2.75, 3.05) is 20.2 Å². The predicted molar refractivity (Wildman–Crippen MR) is 76.1 cm³/mol. The smallest absolute Gasteiger partial charge is 0.305 e. The van der Waals surface area contributed by atoms with Crippen molar-refractivity contribution in [3.05, 3.63) is 34.9 Å². The van der Waals surface area contributed by atoms with Crippen LogP contribution >= 0.6 is 11.6 Å². The first-order valence-corrected chi connectivity index (χ1v) is 7.09. The maximum Gasteiger partial charge on any atom is 0.305 e. The van der Waals surface area contributed by atoms with Crippen LogP contribution in [0.1, 0.15) is 24.8 Å². The second-order valence-corrected chi connectivity index (χ2v) is 5.57. The van der Waals surface area contributed by atoms with Crippen molar-refractivity contribution in [1.29, 1.82) is 0 Å². The molecular weight excluding hydrogens is 262 g/mol. The molecular formula is C15H20ClNO2. The molecule has 0 saturated carbocycles. The lowest BCUT2D eigenvalue weighted by Gasteiger charge is -2.31. The van der Waals surface area contributed by atoms with E-state index in [0.29, 0.717) is 12.3 Å². The third kappa shape index (κ3) is 4.51. The molecule has 19 heavy (non-hydrogen) atoms. The molecule has 1 fully saturated rings. The Hall–Kier alpha value is -1.06. The third-order valence-electron chi connectivity index (χ3n) is 3.69. The maximum absolute atomic E-state index is 11.2. The lowest BCUT2D eigenvalue weighted by molar-refractivity contribution is -0.142. The van der Waals surface area contributed by atoms with Gasteiger partial charge in [-0.2, -0.15) is 0 Å². The monoisotopic (exact) mass is 281 g/mol. The highest BCUT2D eigenvalue weighted by molar-refractivity contribution is 6.30. The molecule has 2 rings (SSSR count). The molecule has 1 heterocycles. The largest absolute Gasteiger partial charge is 0.469 e. The first-order chi connectivity index (χ1) is 9.17. The van der Waals surface area contributed by atoms with Gasteiger partial charge in [-0.15, -0.1) is 0 Å². The van der Waals surface area contributed by atoms with Gasteiger partial charge in [0.05, 0.1) is 7.11 Å². The zero-order chi connectivity index (χ0) is 13.7. The number of nitrogens with zero attached hydrogens (tertiary/aromatic N) is 1. The van der Waals surface area contributed by atoms with Gasteiger partial charge in [0.2, 0.25) is 0 Å². The van der Waals surface area contributed by atoms with E-state index < -0.39 is 0 Å². The van der Waals surface area contributed by atoms with Gasteiger partial charge in [-0.3, -0.25) is 9.69 Å². The minimum Gasteiger partial charge on any atom is -0.469 e. The van der Waals surface area contributed by atoms with Crippen LogP contribution < -0.4 is 0 Å². The maximum atomic E-state index is 11.2. The van der Waals surface area contributed by atoms with Gasteiger partial charge in [0.15, 0.2) is 0 Å². The number of benzene rings is 1. The zero-order valence-corrected chi connectivity index (χ0v) is 12.0. The van der Waals surface area contributed by atoms with Crippen LogP contribution in [0.15, 0.2) is 24.3 Å². The van der Waals surface area contributed by atoms with Crippen LogP contribution in [-0.4, -0.2) is 31.1 Å². The fraction of sp³-hybridized carbons (Fsp3) is 0.533. The summed E-state index contributed by atoms with van der Waals surface area (Å²) in [5.41, 5.74) is 1.25. The Labute approximate surface area is 119 Å². The van der Waals surface area contributed by atoms with Gasteiger partial charge in [-0.1, -0.05) is 23.7 Å². The van der Waals surface area contributed by atoms with Gasteiger partial charge in [0, 0.05) is 18.0 Å². The van der Waals surface area contributed by atoms with E-state index >= 15 is 0 Å². The Morgan fingerprint density at radius 1 is 1.42 bits per heavy atom. The van der Waals surface area contributed by atoms with Gasteiger partial charge in [0.25, 0.3) is 0 Å². The molecule has 1 aromatic rings. The van der Waals surface area contributed by atoms with Crippen molar-refractivity contribution in [3.63, 3.8) is 0 Å². The fourth-order valence-electron chi connectivity index (χ4n) is 2.56. The fourth-order valence-corrected chi connectivity index (χ4v) is 2.77. The molecule has 0 radical (unpaired) electrons. The molecule has 1 aliphatic rings. The molecule has 0 bridgehead atoms. The molecule has 4 heteroatoms. The Balaban J connectivity index is 1.79. The normalized spacial score (nSPS) is 17.4. The summed E-state index contributed by atoms with van der Waals surface area (Å²) in [6.07, 6.45) is 2.69. The predicted octanol–water partition coefficient (Wildman–Crippen LogP) is 3.12. The van der Waals surface area contributed by atoms with Gasteiger partial charge in [-0.25, -0.2) is 0 Å². The number of halogens is 1. The Bertz CT molecular complexity index is 428. The average molecular weight is 282 g/mol. The minimum absolute atomic E-state index is 0.0895. The summed E-state index contributed by atoms with van der Waals surface area (Å²) < 4.78 is 4.72. The number of likely N-dealkylation sites (tertiary alicyclic amines) is 1. The van der Waals surface area contributed by atoms with Gasteiger partial charge >= 0.3 is 5.97 Å². The minimum atomic E-state index is -0.0895. The molecule has 0 amide bonds. The number of ether oxygens (including phenoxy) is 1. The molecule has 3 nitrogen and oxygen atoms in total. The van der Waals surface area contributed by atoms with E-state index in [1.165, 1.54) is 12.7 Å². The molecule has 1 aliphatic heterocycles. The standard InChI is InChI=1S/C15H20ClNO2/c1-19-15(18)10-12-5-7-17(8-6-12)11-13-3-2-4-14(16)9-13/h2-4,9,12H,5-8,10-11H2,1H3. The summed E-state index contributed by atoms with van der Waals surface area (Å²) in [6.45, 7) is 3.01. The molecule has 0 aromatic heterocycles. The molecule has 0 unspecified atom stereocenters. The van der Waals surface area contributed by atoms with Gasteiger partial charge in [-0.05, 0) is 49.5 Å². The summed E-state index contributed by atoms with van der Waals surface area (Å²) in [5.74, 6) is 0.386. The first kappa shape index (κ1) is 14.4. The van der Waals surface area contributed by atoms with Crippen LogP contribution in [0, 0.1) is 5.92 Å². The molecule has 0 spiro atoms. The third-order valence-corrected chi connectivity index (χ3v) is 3.92. The highest BCUT2D eigenvalue weighted by atomic mass is 35.5. The van der Waals surface area contributed by atoms with Crippen molar-refractivity contribution < 1.29 is 9.53 Å². The topological polar surface area (TPSA) is 29.5 Å². The zero-order valence-electron chi connectivity index (χ0n) is 11.3. The number of esters is 1. The quantitative estimate of drug-likeness (QED) is 0.794. The van der Waals surface area contributed by atoms with Crippen molar-refractivity contribution in [1.82, 2.24) is 4.90 Å². The van der Waals surface area contributed by atoms with Crippen molar-refractivity contribution in [2.45, 2.75) is 25.8 Å². The van der Waals surface area contributed by atoms with E-state index in [1.54, 1.807) is 0 Å². The van der Waals surface area contributed by atoms with E-state index in [-0.39, 0.29) is 5.97 Å². The van der Waals surface area contributed by atoms with E-state index in [9.17, 15) is 4.79 Å². The summed E-state index contributed by atoms with van der Waals surface area (Å²) in [5, 5.41) is 0.790. The van der Waals surface area contributed by atoms with Crippen molar-refractivity contribution >= 4 is 17.6 Å². The lowest BCUT2D eigenvalue weighted by atomic mass is 9.93. The molecule has 104 valence electrons. The summed E-state index contributed by atoms with van der Waals surface area (Å²) in [6, 6.07) is 8.00. The highest BCUT2D eigenvalue weighted by Crippen LogP contribution is 2.22. The number of hydrogen-bond donors (Lipinski definition) is 0. The Kier molecular flexibility index (Phi) is 5.23. The average Bonchev–Trinajstić information content (AvgIpc) is 2.41. The summed E-state index contributed by atoms with van der Waals surface area (Å²) in [4.78, 5) is 13.7. The number of piperidine rings is 1. The number of methoxy groups -OCH3 is 1. The SMILES string of the molecule is COC(=O)CC1CCN(Cc2cccc(Cl)c2)CC1. The molecule has 1 saturated heterocycles. The molecule has 0 N–H and O–H groups in total. The first-order valence-electron chi connectivity index (χ1n) is 6.71. The molecule has 0 atom stereocenters. The summed E-state index contributed by atoms with van der Waals surface area (Å²) >= 11 is 5.99. The summed E-state index contributed by atoms with van der Waals surface area (Å²) in [7, 11) is 1.45. The van der Waals surface area contributed by atoms with Gasteiger partial charge in [0.1, 0.15) is 0 Å². The van der Waals surface area contributed by atoms with Crippen LogP contribution in [0.3, 0.4) is 0 Å². The Morgan fingerprint density at radius 3 is 2.79 bits per heavy atom. The number of carbonyl (C=O) groups is 1. The van der Waals surface area contributed by atoms with E-state index in [2.05, 4.69) is 11.0 Å².